The second-order valence-corrected chi connectivity index (χ2v) is 3.99. The number of halogens is 2. The van der Waals surface area contributed by atoms with E-state index in [4.69, 9.17) is 0 Å². The lowest BCUT2D eigenvalue weighted by Gasteiger charge is -2.07. The average molecular weight is 259 g/mol. The number of hydrogen-bond donors (Lipinski definition) is 1. The van der Waals surface area contributed by atoms with Crippen molar-refractivity contribution < 1.29 is 9.18 Å². The standard InChI is InChI=1S/C10H10BrFNO/c1-6(2)10(14)13-9-4-3-7(11)5-8(9)12/h3-5H,1-2H3,(H,13,14). The molecule has 1 aromatic rings. The summed E-state index contributed by atoms with van der Waals surface area (Å²) in [5.41, 5.74) is 0.194. The predicted octanol–water partition coefficient (Wildman–Crippen LogP) is 3.14. The second-order valence-electron chi connectivity index (χ2n) is 3.08. The van der Waals surface area contributed by atoms with Crippen molar-refractivity contribution in [3.63, 3.8) is 0 Å². The van der Waals surface area contributed by atoms with Crippen molar-refractivity contribution in [1.82, 2.24) is 0 Å². The molecule has 1 aromatic carbocycles. The van der Waals surface area contributed by atoms with E-state index < -0.39 is 5.82 Å². The van der Waals surface area contributed by atoms with E-state index in [1.54, 1.807) is 19.9 Å². The van der Waals surface area contributed by atoms with Gasteiger partial charge in [-0.3, -0.25) is 4.79 Å². The van der Waals surface area contributed by atoms with Crippen LogP contribution >= 0.6 is 15.9 Å². The predicted molar refractivity (Wildman–Crippen MR) is 57.3 cm³/mol. The topological polar surface area (TPSA) is 29.1 Å². The molecule has 0 saturated carbocycles. The molecule has 1 radical (unpaired) electrons. The van der Waals surface area contributed by atoms with Crippen LogP contribution in [0.25, 0.3) is 0 Å². The molecule has 0 unspecified atom stereocenters. The number of amides is 1. The Morgan fingerprint density at radius 2 is 2.07 bits per heavy atom. The van der Waals surface area contributed by atoms with Gasteiger partial charge in [0.15, 0.2) is 0 Å². The molecule has 14 heavy (non-hydrogen) atoms. The summed E-state index contributed by atoms with van der Waals surface area (Å²) < 4.78 is 13.9. The average Bonchev–Trinajstić information content (AvgIpc) is 2.09. The van der Waals surface area contributed by atoms with Crippen LogP contribution in [0.1, 0.15) is 13.8 Å². The van der Waals surface area contributed by atoms with Crippen molar-refractivity contribution in [1.29, 1.82) is 0 Å². The van der Waals surface area contributed by atoms with Gasteiger partial charge < -0.3 is 5.32 Å². The van der Waals surface area contributed by atoms with Crippen LogP contribution in [0.15, 0.2) is 22.7 Å². The minimum absolute atomic E-state index is 0.194. The number of nitrogens with one attached hydrogen (secondary N) is 1. The molecule has 1 rings (SSSR count). The summed E-state index contributed by atoms with van der Waals surface area (Å²) in [6.07, 6.45) is 0. The number of rotatable bonds is 2. The maximum atomic E-state index is 13.2. The van der Waals surface area contributed by atoms with Crippen LogP contribution in [0, 0.1) is 11.7 Å². The first-order chi connectivity index (χ1) is 6.50. The molecule has 4 heteroatoms. The molecule has 0 heterocycles. The Hall–Kier alpha value is -0.900. The summed E-state index contributed by atoms with van der Waals surface area (Å²) in [7, 11) is 0. The Morgan fingerprint density at radius 3 is 2.57 bits per heavy atom. The zero-order valence-electron chi connectivity index (χ0n) is 7.90. The number of carbonyl (C=O) groups excluding carboxylic acids is 1. The summed E-state index contributed by atoms with van der Waals surface area (Å²) in [4.78, 5) is 11.2. The van der Waals surface area contributed by atoms with Crippen molar-refractivity contribution in [2.45, 2.75) is 13.8 Å². The fourth-order valence-corrected chi connectivity index (χ4v) is 1.17. The van der Waals surface area contributed by atoms with Gasteiger partial charge in [-0.05, 0) is 32.0 Å². The monoisotopic (exact) mass is 258 g/mol. The Bertz CT molecular complexity index is 352. The molecular weight excluding hydrogens is 249 g/mol. The van der Waals surface area contributed by atoms with E-state index >= 15 is 0 Å². The lowest BCUT2D eigenvalue weighted by Crippen LogP contribution is -2.17. The summed E-state index contributed by atoms with van der Waals surface area (Å²) in [5, 5.41) is 2.47. The van der Waals surface area contributed by atoms with E-state index in [-0.39, 0.29) is 11.6 Å². The van der Waals surface area contributed by atoms with Gasteiger partial charge in [-0.25, -0.2) is 4.39 Å². The molecule has 0 atom stereocenters. The van der Waals surface area contributed by atoms with Gasteiger partial charge in [-0.2, -0.15) is 0 Å². The Kier molecular flexibility index (Phi) is 3.63. The van der Waals surface area contributed by atoms with E-state index in [9.17, 15) is 9.18 Å². The van der Waals surface area contributed by atoms with Crippen LogP contribution in [0.3, 0.4) is 0 Å². The third-order valence-electron chi connectivity index (χ3n) is 1.63. The molecule has 0 spiro atoms. The highest BCUT2D eigenvalue weighted by atomic mass is 79.9. The molecular formula is C10H10BrFNO. The third kappa shape index (κ3) is 2.80. The number of anilines is 1. The minimum atomic E-state index is -0.450. The lowest BCUT2D eigenvalue weighted by molar-refractivity contribution is -0.114. The molecule has 0 aliphatic carbocycles. The zero-order valence-corrected chi connectivity index (χ0v) is 9.48. The van der Waals surface area contributed by atoms with E-state index in [1.807, 2.05) is 0 Å². The largest absolute Gasteiger partial charge is 0.323 e. The quantitative estimate of drug-likeness (QED) is 0.868. The number of hydrogen-bond acceptors (Lipinski definition) is 1. The third-order valence-corrected chi connectivity index (χ3v) is 2.13. The van der Waals surface area contributed by atoms with E-state index in [2.05, 4.69) is 21.2 Å². The fourth-order valence-electron chi connectivity index (χ4n) is 0.838. The first-order valence-corrected chi connectivity index (χ1v) is 4.86. The van der Waals surface area contributed by atoms with Crippen LogP contribution in [0.5, 0.6) is 0 Å². The molecule has 0 bridgehead atoms. The maximum absolute atomic E-state index is 13.2. The molecule has 0 aliphatic heterocycles. The molecule has 0 aromatic heterocycles. The van der Waals surface area contributed by atoms with E-state index in [0.29, 0.717) is 10.4 Å². The summed E-state index contributed by atoms with van der Waals surface area (Å²) in [6.45, 7) is 3.35. The Labute approximate surface area is 90.6 Å². The van der Waals surface area contributed by atoms with Crippen LogP contribution in [-0.2, 0) is 4.79 Å². The smallest absolute Gasteiger partial charge is 0.231 e. The van der Waals surface area contributed by atoms with Gasteiger partial charge in [0.1, 0.15) is 5.82 Å². The second kappa shape index (κ2) is 4.55. The van der Waals surface area contributed by atoms with E-state index in [1.165, 1.54) is 12.1 Å². The number of benzene rings is 1. The van der Waals surface area contributed by atoms with Crippen molar-refractivity contribution in [2.24, 2.45) is 0 Å². The molecule has 75 valence electrons. The first kappa shape index (κ1) is 11.2. The fraction of sp³-hybridized carbons (Fsp3) is 0.200. The molecule has 1 N–H and O–H groups in total. The first-order valence-electron chi connectivity index (χ1n) is 4.07. The zero-order chi connectivity index (χ0) is 10.7. The van der Waals surface area contributed by atoms with Gasteiger partial charge >= 0.3 is 0 Å². The summed E-state index contributed by atoms with van der Waals surface area (Å²) in [5.74, 6) is -0.132. The van der Waals surface area contributed by atoms with Crippen LogP contribution in [-0.4, -0.2) is 5.91 Å². The Balaban J connectivity index is 2.82. The molecule has 0 aliphatic rings. The Morgan fingerprint density at radius 1 is 1.43 bits per heavy atom. The minimum Gasteiger partial charge on any atom is -0.323 e. The maximum Gasteiger partial charge on any atom is 0.231 e. The summed E-state index contributed by atoms with van der Waals surface area (Å²) >= 11 is 3.13. The van der Waals surface area contributed by atoms with Gasteiger partial charge in [0.05, 0.1) is 11.6 Å². The van der Waals surface area contributed by atoms with Gasteiger partial charge in [0.25, 0.3) is 0 Å². The van der Waals surface area contributed by atoms with Crippen molar-refractivity contribution >= 4 is 27.5 Å². The van der Waals surface area contributed by atoms with Gasteiger partial charge in [0.2, 0.25) is 5.91 Å². The van der Waals surface area contributed by atoms with Crippen molar-refractivity contribution in [2.75, 3.05) is 5.32 Å². The highest BCUT2D eigenvalue weighted by Crippen LogP contribution is 2.19. The summed E-state index contributed by atoms with van der Waals surface area (Å²) in [6, 6.07) is 4.49. The molecule has 0 fully saturated rings. The van der Waals surface area contributed by atoms with Gasteiger partial charge in [0, 0.05) is 4.47 Å². The number of carbonyl (C=O) groups is 1. The normalized spacial score (nSPS) is 10.4. The van der Waals surface area contributed by atoms with E-state index in [0.717, 1.165) is 0 Å². The van der Waals surface area contributed by atoms with Crippen LogP contribution in [0.2, 0.25) is 0 Å². The van der Waals surface area contributed by atoms with Gasteiger partial charge in [-0.1, -0.05) is 15.9 Å². The SMILES string of the molecule is C[C](C)C(=O)Nc1ccc(Br)cc1F. The lowest BCUT2D eigenvalue weighted by atomic mass is 10.2. The molecule has 0 saturated heterocycles. The van der Waals surface area contributed by atoms with Crippen LogP contribution < -0.4 is 5.32 Å². The van der Waals surface area contributed by atoms with Crippen molar-refractivity contribution in [3.05, 3.63) is 34.4 Å². The molecule has 1 amide bonds. The highest BCUT2D eigenvalue weighted by Gasteiger charge is 2.10. The van der Waals surface area contributed by atoms with Gasteiger partial charge in [-0.15, -0.1) is 0 Å². The molecule has 2 nitrogen and oxygen atoms in total. The highest BCUT2D eigenvalue weighted by molar-refractivity contribution is 9.10. The van der Waals surface area contributed by atoms with Crippen molar-refractivity contribution in [3.8, 4) is 0 Å². The van der Waals surface area contributed by atoms with Crippen LogP contribution in [0.4, 0.5) is 10.1 Å².